The van der Waals surface area contributed by atoms with Gasteiger partial charge in [-0.25, -0.2) is 0 Å². The molecule has 0 amide bonds. The van der Waals surface area contributed by atoms with E-state index in [0.29, 0.717) is 0 Å². The smallest absolute Gasteiger partial charge is 0.282 e. The molecular weight excluding hydrogens is 309 g/mol. The van der Waals surface area contributed by atoms with E-state index in [1.54, 1.807) is 18.2 Å². The van der Waals surface area contributed by atoms with Gasteiger partial charge in [-0.2, -0.15) is 8.42 Å². The van der Waals surface area contributed by atoms with Gasteiger partial charge in [0.15, 0.2) is 0 Å². The van der Waals surface area contributed by atoms with Gasteiger partial charge in [0.25, 0.3) is 10.1 Å². The van der Waals surface area contributed by atoms with Crippen LogP contribution in [0.15, 0.2) is 35.2 Å². The van der Waals surface area contributed by atoms with Gasteiger partial charge >= 0.3 is 0 Å². The average molecular weight is 315 g/mol. The van der Waals surface area contributed by atoms with Crippen molar-refractivity contribution in [1.29, 1.82) is 0 Å². The van der Waals surface area contributed by atoms with Gasteiger partial charge in [-0.15, -0.1) is 0 Å². The second-order valence-corrected chi connectivity index (χ2v) is 3.21. The topological polar surface area (TPSA) is 54.4 Å². The van der Waals surface area contributed by atoms with Crippen LogP contribution in [0, 0.1) is 39.9 Å². The second kappa shape index (κ2) is 4.47. The first-order chi connectivity index (χ1) is 4.61. The van der Waals surface area contributed by atoms with Crippen molar-refractivity contribution in [3.05, 3.63) is 30.3 Å². The standard InChI is InChI=1S/C6H6O3S.Gd/c7-10(8,9)6-4-2-1-3-5-6;/h1-5H,(H,7,8,9);. The molecule has 11 heavy (non-hydrogen) atoms. The third-order valence-corrected chi connectivity index (χ3v) is 1.91. The molecule has 0 aliphatic carbocycles. The Morgan fingerprint density at radius 1 is 1.09 bits per heavy atom. The summed E-state index contributed by atoms with van der Waals surface area (Å²) >= 11 is 0. The monoisotopic (exact) mass is 316 g/mol. The molecule has 0 heterocycles. The van der Waals surface area contributed by atoms with Crippen molar-refractivity contribution in [3.63, 3.8) is 0 Å². The van der Waals surface area contributed by atoms with E-state index in [1.165, 1.54) is 12.1 Å². The van der Waals surface area contributed by atoms with Crippen LogP contribution >= 0.6 is 0 Å². The van der Waals surface area contributed by atoms with Gasteiger partial charge in [0, 0.05) is 39.9 Å². The molecule has 62 valence electrons. The molecule has 0 aromatic heterocycles. The maximum atomic E-state index is 10.4. The van der Waals surface area contributed by atoms with E-state index >= 15 is 0 Å². The molecule has 0 aliphatic heterocycles. The summed E-state index contributed by atoms with van der Waals surface area (Å²) < 4.78 is 29.2. The largest absolute Gasteiger partial charge is 0.294 e. The van der Waals surface area contributed by atoms with Crippen LogP contribution in [0.25, 0.3) is 0 Å². The second-order valence-electron chi connectivity index (χ2n) is 1.79. The number of benzene rings is 1. The summed E-state index contributed by atoms with van der Waals surface area (Å²) in [7, 11) is -4.00. The SMILES string of the molecule is O=S(=O)(O)c1ccccc1.[Gd]. The minimum absolute atomic E-state index is 0. The summed E-state index contributed by atoms with van der Waals surface area (Å²) in [5.74, 6) is 0. The Morgan fingerprint density at radius 3 is 1.82 bits per heavy atom. The van der Waals surface area contributed by atoms with Crippen LogP contribution < -0.4 is 0 Å². The van der Waals surface area contributed by atoms with E-state index in [1.807, 2.05) is 0 Å². The maximum absolute atomic E-state index is 10.4. The summed E-state index contributed by atoms with van der Waals surface area (Å²) in [5, 5.41) is 0. The van der Waals surface area contributed by atoms with Crippen molar-refractivity contribution in [1.82, 2.24) is 0 Å². The predicted molar refractivity (Wildman–Crippen MR) is 36.3 cm³/mol. The summed E-state index contributed by atoms with van der Waals surface area (Å²) in [4.78, 5) is -0.0741. The van der Waals surface area contributed by atoms with Crippen LogP contribution in [0.4, 0.5) is 0 Å². The van der Waals surface area contributed by atoms with E-state index in [9.17, 15) is 8.42 Å². The molecule has 0 spiro atoms. The normalized spacial score (nSPS) is 10.3. The number of rotatable bonds is 1. The van der Waals surface area contributed by atoms with Crippen LogP contribution in [-0.4, -0.2) is 13.0 Å². The van der Waals surface area contributed by atoms with E-state index in [-0.39, 0.29) is 44.8 Å². The molecule has 1 aromatic carbocycles. The number of hydrogen-bond donors (Lipinski definition) is 1. The van der Waals surface area contributed by atoms with Crippen LogP contribution in [-0.2, 0) is 10.1 Å². The van der Waals surface area contributed by atoms with Crippen molar-refractivity contribution < 1.29 is 52.9 Å². The minimum atomic E-state index is -4.00. The van der Waals surface area contributed by atoms with Crippen LogP contribution in [0.3, 0.4) is 0 Å². The van der Waals surface area contributed by atoms with E-state index < -0.39 is 10.1 Å². The fraction of sp³-hybridized carbons (Fsp3) is 0. The first-order valence-electron chi connectivity index (χ1n) is 2.63. The maximum Gasteiger partial charge on any atom is 0.294 e. The van der Waals surface area contributed by atoms with Crippen LogP contribution in [0.2, 0.25) is 0 Å². The zero-order valence-corrected chi connectivity index (χ0v) is 8.50. The summed E-state index contributed by atoms with van der Waals surface area (Å²) in [6, 6.07) is 7.42. The van der Waals surface area contributed by atoms with E-state index in [4.69, 9.17) is 4.55 Å². The Balaban J connectivity index is 0.000001000. The van der Waals surface area contributed by atoms with Gasteiger partial charge < -0.3 is 0 Å². The zero-order valence-electron chi connectivity index (χ0n) is 5.41. The van der Waals surface area contributed by atoms with Crippen molar-refractivity contribution in [2.24, 2.45) is 0 Å². The Bertz CT molecular complexity index is 306. The molecule has 0 bridgehead atoms. The van der Waals surface area contributed by atoms with Gasteiger partial charge in [0.05, 0.1) is 4.90 Å². The minimum Gasteiger partial charge on any atom is -0.282 e. The number of hydrogen-bond acceptors (Lipinski definition) is 2. The molecule has 0 saturated heterocycles. The van der Waals surface area contributed by atoms with Crippen molar-refractivity contribution in [2.45, 2.75) is 4.90 Å². The average Bonchev–Trinajstić information content (AvgIpc) is 1.88. The first-order valence-corrected chi connectivity index (χ1v) is 4.07. The third kappa shape index (κ3) is 3.58. The Morgan fingerprint density at radius 2 is 1.55 bits per heavy atom. The molecule has 1 aromatic rings. The molecule has 1 rings (SSSR count). The van der Waals surface area contributed by atoms with Crippen LogP contribution in [0.5, 0.6) is 0 Å². The third-order valence-electron chi connectivity index (χ3n) is 1.04. The van der Waals surface area contributed by atoms with Gasteiger partial charge in [-0.05, 0) is 12.1 Å². The van der Waals surface area contributed by atoms with Crippen LogP contribution in [0.1, 0.15) is 0 Å². The van der Waals surface area contributed by atoms with E-state index in [2.05, 4.69) is 0 Å². The molecule has 0 fully saturated rings. The summed E-state index contributed by atoms with van der Waals surface area (Å²) in [5.41, 5.74) is 0. The van der Waals surface area contributed by atoms with Gasteiger partial charge in [0.2, 0.25) is 0 Å². The predicted octanol–water partition coefficient (Wildman–Crippen LogP) is 0.933. The van der Waals surface area contributed by atoms with Gasteiger partial charge in [0.1, 0.15) is 0 Å². The molecular formula is C6H6GdO3S. The summed E-state index contributed by atoms with van der Waals surface area (Å²) in [6.45, 7) is 0. The summed E-state index contributed by atoms with van der Waals surface area (Å²) in [6.07, 6.45) is 0. The Hall–Kier alpha value is 0.455. The van der Waals surface area contributed by atoms with Gasteiger partial charge in [-0.1, -0.05) is 18.2 Å². The molecule has 1 N–H and O–H groups in total. The molecule has 0 saturated carbocycles. The van der Waals surface area contributed by atoms with Crippen molar-refractivity contribution in [3.8, 4) is 0 Å². The molecule has 0 atom stereocenters. The van der Waals surface area contributed by atoms with E-state index in [0.717, 1.165) is 0 Å². The molecule has 3 nitrogen and oxygen atoms in total. The zero-order chi connectivity index (χ0) is 7.61. The first kappa shape index (κ1) is 11.5. The van der Waals surface area contributed by atoms with Crippen molar-refractivity contribution >= 4 is 10.1 Å². The molecule has 0 aliphatic rings. The molecule has 0 radical (unpaired) electrons. The molecule has 0 unspecified atom stereocenters. The fourth-order valence-corrected chi connectivity index (χ4v) is 1.09. The van der Waals surface area contributed by atoms with Crippen molar-refractivity contribution in [2.75, 3.05) is 0 Å². The Labute approximate surface area is 97.2 Å². The fourth-order valence-electron chi connectivity index (χ4n) is 0.592. The quantitative estimate of drug-likeness (QED) is 0.785. The molecule has 5 heteroatoms. The van der Waals surface area contributed by atoms with Gasteiger partial charge in [-0.3, -0.25) is 4.55 Å². The Kier molecular flexibility index (Phi) is 4.66.